The van der Waals surface area contributed by atoms with Gasteiger partial charge in [0.25, 0.3) is 0 Å². The Morgan fingerprint density at radius 1 is 1.00 bits per heavy atom. The molecule has 0 N–H and O–H groups in total. The zero-order valence-electron chi connectivity index (χ0n) is 11.9. The van der Waals surface area contributed by atoms with Gasteiger partial charge in [-0.15, -0.1) is 0 Å². The molecule has 0 fully saturated rings. The van der Waals surface area contributed by atoms with Crippen molar-refractivity contribution in [1.29, 1.82) is 0 Å². The van der Waals surface area contributed by atoms with Crippen LogP contribution in [0.15, 0.2) is 42.6 Å². The average Bonchev–Trinajstić information content (AvgIpc) is 2.51. The number of aldehydes is 1. The molecule has 3 heteroatoms. The van der Waals surface area contributed by atoms with Crippen LogP contribution in [-0.2, 0) is 0 Å². The number of pyridine rings is 1. The van der Waals surface area contributed by atoms with Gasteiger partial charge in [-0.25, -0.2) is 4.98 Å². The molecule has 1 heterocycles. The fourth-order valence-electron chi connectivity index (χ4n) is 1.37. The van der Waals surface area contributed by atoms with Crippen molar-refractivity contribution in [3.8, 4) is 11.1 Å². The summed E-state index contributed by atoms with van der Waals surface area (Å²) in [5.41, 5.74) is 2.57. The van der Waals surface area contributed by atoms with E-state index >= 15 is 0 Å². The standard InChI is InChI=1S/C12H8ClNO.2C2H6/c13-12-7-11(4-5-14-12)10-3-1-2-9(6-10)8-15;2*1-2/h1-8H;2*1-2H3. The van der Waals surface area contributed by atoms with E-state index < -0.39 is 0 Å². The Kier molecular flexibility index (Phi) is 9.37. The van der Waals surface area contributed by atoms with Gasteiger partial charge >= 0.3 is 0 Å². The van der Waals surface area contributed by atoms with Crippen molar-refractivity contribution >= 4 is 17.9 Å². The molecule has 2 nitrogen and oxygen atoms in total. The number of hydrogen-bond acceptors (Lipinski definition) is 2. The number of carbonyl (C=O) groups is 1. The van der Waals surface area contributed by atoms with E-state index in [1.165, 1.54) is 0 Å². The molecular weight excluding hydrogens is 258 g/mol. The second-order valence-corrected chi connectivity index (χ2v) is 3.50. The molecule has 102 valence electrons. The van der Waals surface area contributed by atoms with Gasteiger partial charge in [0.15, 0.2) is 0 Å². The molecule has 0 amide bonds. The lowest BCUT2D eigenvalue weighted by molar-refractivity contribution is 0.112. The molecular formula is C16H20ClNO. The van der Waals surface area contributed by atoms with Crippen LogP contribution in [0.1, 0.15) is 38.1 Å². The number of nitrogens with zero attached hydrogens (tertiary/aromatic N) is 1. The first-order chi connectivity index (χ1) is 9.29. The van der Waals surface area contributed by atoms with E-state index in [2.05, 4.69) is 4.98 Å². The molecule has 0 radical (unpaired) electrons. The number of hydrogen-bond donors (Lipinski definition) is 0. The Balaban J connectivity index is 0.000000741. The smallest absolute Gasteiger partial charge is 0.150 e. The SMILES string of the molecule is CC.CC.O=Cc1cccc(-c2ccnc(Cl)c2)c1. The Morgan fingerprint density at radius 3 is 2.21 bits per heavy atom. The van der Waals surface area contributed by atoms with Gasteiger partial charge in [0, 0.05) is 11.8 Å². The van der Waals surface area contributed by atoms with Gasteiger partial charge in [-0.05, 0) is 29.3 Å². The summed E-state index contributed by atoms with van der Waals surface area (Å²) < 4.78 is 0. The quantitative estimate of drug-likeness (QED) is 0.553. The van der Waals surface area contributed by atoms with Crippen LogP contribution in [0.2, 0.25) is 5.15 Å². The van der Waals surface area contributed by atoms with Crippen molar-refractivity contribution in [3.63, 3.8) is 0 Å². The Morgan fingerprint density at radius 2 is 1.63 bits per heavy atom. The van der Waals surface area contributed by atoms with E-state index in [-0.39, 0.29) is 0 Å². The van der Waals surface area contributed by atoms with Gasteiger partial charge in [0.1, 0.15) is 11.4 Å². The predicted octanol–water partition coefficient (Wildman–Crippen LogP) is 5.27. The number of carbonyl (C=O) groups excluding carboxylic acids is 1. The van der Waals surface area contributed by atoms with Crippen molar-refractivity contribution in [2.75, 3.05) is 0 Å². The molecule has 2 aromatic rings. The zero-order valence-corrected chi connectivity index (χ0v) is 12.6. The first-order valence-electron chi connectivity index (χ1n) is 6.47. The highest BCUT2D eigenvalue weighted by atomic mass is 35.5. The van der Waals surface area contributed by atoms with Crippen LogP contribution >= 0.6 is 11.6 Å². The lowest BCUT2D eigenvalue weighted by Gasteiger charge is -2.01. The maximum atomic E-state index is 10.6. The molecule has 0 aliphatic carbocycles. The fraction of sp³-hybridized carbons (Fsp3) is 0.250. The molecule has 1 aromatic heterocycles. The summed E-state index contributed by atoms with van der Waals surface area (Å²) in [6, 6.07) is 11.0. The summed E-state index contributed by atoms with van der Waals surface area (Å²) >= 11 is 5.79. The molecule has 0 spiro atoms. The maximum Gasteiger partial charge on any atom is 0.150 e. The number of halogens is 1. The van der Waals surface area contributed by atoms with Gasteiger partial charge in [-0.3, -0.25) is 4.79 Å². The Hall–Kier alpha value is -1.67. The highest BCUT2D eigenvalue weighted by molar-refractivity contribution is 6.29. The molecule has 0 unspecified atom stereocenters. The van der Waals surface area contributed by atoms with Gasteiger partial charge in [-0.2, -0.15) is 0 Å². The van der Waals surface area contributed by atoms with Crippen molar-refractivity contribution in [2.45, 2.75) is 27.7 Å². The number of benzene rings is 1. The Bertz CT molecular complexity index is 498. The zero-order chi connectivity index (χ0) is 14.7. The van der Waals surface area contributed by atoms with Gasteiger partial charge in [0.2, 0.25) is 0 Å². The minimum atomic E-state index is 0.448. The Labute approximate surface area is 120 Å². The maximum absolute atomic E-state index is 10.6. The van der Waals surface area contributed by atoms with Crippen LogP contribution in [0.3, 0.4) is 0 Å². The summed E-state index contributed by atoms with van der Waals surface area (Å²) in [5.74, 6) is 0. The molecule has 0 bridgehead atoms. The van der Waals surface area contributed by atoms with Crippen molar-refractivity contribution in [2.24, 2.45) is 0 Å². The summed E-state index contributed by atoms with van der Waals surface area (Å²) in [7, 11) is 0. The van der Waals surface area contributed by atoms with Gasteiger partial charge < -0.3 is 0 Å². The third-order valence-electron chi connectivity index (χ3n) is 2.08. The third-order valence-corrected chi connectivity index (χ3v) is 2.29. The molecule has 2 rings (SSSR count). The van der Waals surface area contributed by atoms with Crippen molar-refractivity contribution in [3.05, 3.63) is 53.3 Å². The van der Waals surface area contributed by atoms with Crippen molar-refractivity contribution < 1.29 is 4.79 Å². The highest BCUT2D eigenvalue weighted by Crippen LogP contribution is 2.21. The van der Waals surface area contributed by atoms with Crippen LogP contribution in [0.5, 0.6) is 0 Å². The van der Waals surface area contributed by atoms with E-state index in [9.17, 15) is 4.79 Å². The third kappa shape index (κ3) is 5.66. The minimum Gasteiger partial charge on any atom is -0.298 e. The molecule has 19 heavy (non-hydrogen) atoms. The van der Waals surface area contributed by atoms with Crippen LogP contribution in [0, 0.1) is 0 Å². The summed E-state index contributed by atoms with van der Waals surface area (Å²) in [6.45, 7) is 8.00. The molecule has 0 aliphatic heterocycles. The molecule has 0 saturated carbocycles. The van der Waals surface area contributed by atoms with Gasteiger partial charge in [0.05, 0.1) is 0 Å². The summed E-state index contributed by atoms with van der Waals surface area (Å²) in [5, 5.41) is 0.448. The van der Waals surface area contributed by atoms with E-state index in [0.29, 0.717) is 10.7 Å². The topological polar surface area (TPSA) is 30.0 Å². The number of rotatable bonds is 2. The summed E-state index contributed by atoms with van der Waals surface area (Å²) in [6.07, 6.45) is 2.47. The largest absolute Gasteiger partial charge is 0.298 e. The van der Waals surface area contributed by atoms with Gasteiger partial charge in [-0.1, -0.05) is 57.5 Å². The molecule has 1 aromatic carbocycles. The second kappa shape index (κ2) is 10.3. The van der Waals surface area contributed by atoms with Crippen LogP contribution in [-0.4, -0.2) is 11.3 Å². The van der Waals surface area contributed by atoms with Crippen LogP contribution in [0.25, 0.3) is 11.1 Å². The van der Waals surface area contributed by atoms with E-state index in [4.69, 9.17) is 11.6 Å². The van der Waals surface area contributed by atoms with Crippen LogP contribution < -0.4 is 0 Å². The lowest BCUT2D eigenvalue weighted by Crippen LogP contribution is -1.83. The van der Waals surface area contributed by atoms with Crippen molar-refractivity contribution in [1.82, 2.24) is 4.98 Å². The molecule has 0 aliphatic rings. The molecule has 0 atom stereocenters. The minimum absolute atomic E-state index is 0.448. The normalized spacial score (nSPS) is 8.47. The predicted molar refractivity (Wildman–Crippen MR) is 82.8 cm³/mol. The van der Waals surface area contributed by atoms with Crippen LogP contribution in [0.4, 0.5) is 0 Å². The fourth-order valence-corrected chi connectivity index (χ4v) is 1.55. The molecule has 0 saturated heterocycles. The van der Waals surface area contributed by atoms with E-state index in [1.54, 1.807) is 18.3 Å². The highest BCUT2D eigenvalue weighted by Gasteiger charge is 1.99. The second-order valence-electron chi connectivity index (χ2n) is 3.11. The monoisotopic (exact) mass is 277 g/mol. The first kappa shape index (κ1) is 17.3. The lowest BCUT2D eigenvalue weighted by atomic mass is 10.1. The first-order valence-corrected chi connectivity index (χ1v) is 6.84. The average molecular weight is 278 g/mol. The van der Waals surface area contributed by atoms with E-state index in [0.717, 1.165) is 17.4 Å². The number of aromatic nitrogens is 1. The summed E-state index contributed by atoms with van der Waals surface area (Å²) in [4.78, 5) is 14.5. The van der Waals surface area contributed by atoms with E-state index in [1.807, 2.05) is 52.0 Å².